The molecule has 0 atom stereocenters. The van der Waals surface area contributed by atoms with Gasteiger partial charge in [-0.15, -0.1) is 0 Å². The van der Waals surface area contributed by atoms with Crippen LogP contribution in [0.5, 0.6) is 0 Å². The SMILES string of the molecule is C=C(F)/C(=C\C=C/CC)CN=C(C=C(N)c1ccccn1)C(C)C. The van der Waals surface area contributed by atoms with Crippen molar-refractivity contribution in [3.8, 4) is 0 Å². The van der Waals surface area contributed by atoms with Crippen molar-refractivity contribution in [3.05, 3.63) is 72.4 Å². The molecule has 3 nitrogen and oxygen atoms in total. The number of halogens is 1. The summed E-state index contributed by atoms with van der Waals surface area (Å²) in [6.45, 7) is 9.66. The summed E-state index contributed by atoms with van der Waals surface area (Å²) < 4.78 is 13.6. The zero-order chi connectivity index (χ0) is 17.9. The molecule has 1 heterocycles. The van der Waals surface area contributed by atoms with E-state index >= 15 is 0 Å². The van der Waals surface area contributed by atoms with Crippen LogP contribution in [0, 0.1) is 5.92 Å². The summed E-state index contributed by atoms with van der Waals surface area (Å²) in [4.78, 5) is 8.74. The van der Waals surface area contributed by atoms with Crippen molar-refractivity contribution in [1.82, 2.24) is 4.98 Å². The Labute approximate surface area is 144 Å². The first kappa shape index (κ1) is 19.6. The molecule has 4 heteroatoms. The molecule has 1 aromatic rings. The molecular weight excluding hydrogens is 301 g/mol. The van der Waals surface area contributed by atoms with E-state index in [1.54, 1.807) is 18.3 Å². The van der Waals surface area contributed by atoms with Gasteiger partial charge >= 0.3 is 0 Å². The molecule has 0 aromatic carbocycles. The Balaban J connectivity index is 3.02. The molecule has 0 aliphatic rings. The molecule has 0 aliphatic carbocycles. The van der Waals surface area contributed by atoms with Crippen LogP contribution in [0.25, 0.3) is 5.70 Å². The Morgan fingerprint density at radius 2 is 2.17 bits per heavy atom. The van der Waals surface area contributed by atoms with Crippen LogP contribution in [0.1, 0.15) is 32.9 Å². The molecule has 0 unspecified atom stereocenters. The number of nitrogens with two attached hydrogens (primary N) is 1. The number of allylic oxidation sites excluding steroid dienone is 4. The van der Waals surface area contributed by atoms with Gasteiger partial charge in [0.1, 0.15) is 5.83 Å². The van der Waals surface area contributed by atoms with Crippen LogP contribution >= 0.6 is 0 Å². The Morgan fingerprint density at radius 3 is 2.71 bits per heavy atom. The molecule has 0 fully saturated rings. The predicted molar refractivity (Wildman–Crippen MR) is 101 cm³/mol. The Kier molecular flexibility index (Phi) is 8.41. The maximum Gasteiger partial charge on any atom is 0.121 e. The standard InChI is InChI=1S/C20H26FN3/c1-5-6-7-10-17(16(4)21)14-24-20(15(2)3)13-18(22)19-11-8-9-12-23-19/h6-13,15H,4-5,14,22H2,1-3H3/b7-6-,17-10-,18-13?,24-20?. The lowest BCUT2D eigenvalue weighted by Crippen LogP contribution is -2.10. The van der Waals surface area contributed by atoms with Gasteiger partial charge < -0.3 is 5.73 Å². The summed E-state index contributed by atoms with van der Waals surface area (Å²) in [5, 5.41) is 0. The predicted octanol–water partition coefficient (Wildman–Crippen LogP) is 4.85. The van der Waals surface area contributed by atoms with Gasteiger partial charge in [0.25, 0.3) is 0 Å². The first-order chi connectivity index (χ1) is 11.5. The Morgan fingerprint density at radius 1 is 1.42 bits per heavy atom. The lowest BCUT2D eigenvalue weighted by molar-refractivity contribution is 0.651. The lowest BCUT2D eigenvalue weighted by Gasteiger charge is -2.09. The number of nitrogens with zero attached hydrogens (tertiary/aromatic N) is 2. The molecule has 2 N–H and O–H groups in total. The first-order valence-electron chi connectivity index (χ1n) is 8.09. The van der Waals surface area contributed by atoms with E-state index in [1.807, 2.05) is 51.1 Å². The minimum atomic E-state index is -0.468. The number of aromatic nitrogens is 1. The van der Waals surface area contributed by atoms with Crippen LogP contribution < -0.4 is 5.73 Å². The lowest BCUT2D eigenvalue weighted by atomic mass is 10.1. The van der Waals surface area contributed by atoms with Crippen molar-refractivity contribution in [2.45, 2.75) is 27.2 Å². The summed E-state index contributed by atoms with van der Waals surface area (Å²) in [6.07, 6.45) is 9.87. The zero-order valence-corrected chi connectivity index (χ0v) is 14.7. The van der Waals surface area contributed by atoms with Gasteiger partial charge in [-0.25, -0.2) is 4.39 Å². The van der Waals surface area contributed by atoms with Gasteiger partial charge in [0.15, 0.2) is 0 Å². The highest BCUT2D eigenvalue weighted by atomic mass is 19.1. The van der Waals surface area contributed by atoms with Crippen molar-refractivity contribution < 1.29 is 4.39 Å². The highest BCUT2D eigenvalue weighted by molar-refractivity contribution is 6.01. The highest BCUT2D eigenvalue weighted by Gasteiger charge is 2.07. The van der Waals surface area contributed by atoms with Crippen LogP contribution in [-0.4, -0.2) is 17.2 Å². The largest absolute Gasteiger partial charge is 0.397 e. The van der Waals surface area contributed by atoms with E-state index in [2.05, 4.69) is 16.6 Å². The average Bonchev–Trinajstić information content (AvgIpc) is 2.56. The summed E-state index contributed by atoms with van der Waals surface area (Å²) in [7, 11) is 0. The number of pyridine rings is 1. The van der Waals surface area contributed by atoms with Crippen molar-refractivity contribution in [2.24, 2.45) is 16.6 Å². The van der Waals surface area contributed by atoms with E-state index in [0.29, 0.717) is 17.0 Å². The second kappa shape index (κ2) is 10.3. The molecule has 1 aromatic heterocycles. The highest BCUT2D eigenvalue weighted by Crippen LogP contribution is 2.13. The van der Waals surface area contributed by atoms with Crippen molar-refractivity contribution in [3.63, 3.8) is 0 Å². The van der Waals surface area contributed by atoms with E-state index in [0.717, 1.165) is 12.1 Å². The number of rotatable bonds is 8. The third-order valence-corrected chi connectivity index (χ3v) is 3.31. The fraction of sp³-hybridized carbons (Fsp3) is 0.300. The quantitative estimate of drug-likeness (QED) is 0.548. The molecule has 0 radical (unpaired) electrons. The Hall–Kier alpha value is -2.49. The molecule has 0 spiro atoms. The van der Waals surface area contributed by atoms with Crippen LogP contribution in [-0.2, 0) is 0 Å². The zero-order valence-electron chi connectivity index (χ0n) is 14.7. The molecule has 0 bridgehead atoms. The number of hydrogen-bond acceptors (Lipinski definition) is 3. The van der Waals surface area contributed by atoms with Gasteiger partial charge in [0, 0.05) is 17.5 Å². The molecule has 0 amide bonds. The third-order valence-electron chi connectivity index (χ3n) is 3.31. The molecule has 0 aliphatic heterocycles. The van der Waals surface area contributed by atoms with E-state index in [1.165, 1.54) is 0 Å². The van der Waals surface area contributed by atoms with Crippen molar-refractivity contribution in [2.75, 3.05) is 6.54 Å². The first-order valence-corrected chi connectivity index (χ1v) is 8.09. The minimum absolute atomic E-state index is 0.160. The van der Waals surface area contributed by atoms with E-state index in [4.69, 9.17) is 5.73 Å². The molecule has 1 rings (SSSR count). The molecule has 128 valence electrons. The minimum Gasteiger partial charge on any atom is -0.397 e. The second-order valence-electron chi connectivity index (χ2n) is 5.64. The molecule has 0 saturated carbocycles. The number of hydrogen-bond donors (Lipinski definition) is 1. The molecular formula is C20H26FN3. The second-order valence-corrected chi connectivity index (χ2v) is 5.64. The summed E-state index contributed by atoms with van der Waals surface area (Å²) >= 11 is 0. The Bertz CT molecular complexity index is 653. The van der Waals surface area contributed by atoms with Gasteiger partial charge in [-0.2, -0.15) is 0 Å². The van der Waals surface area contributed by atoms with E-state index in [-0.39, 0.29) is 12.5 Å². The van der Waals surface area contributed by atoms with Crippen LogP contribution in [0.15, 0.2) is 71.7 Å². The summed E-state index contributed by atoms with van der Waals surface area (Å²) in [5.74, 6) is -0.308. The van der Waals surface area contributed by atoms with Crippen LogP contribution in [0.4, 0.5) is 4.39 Å². The summed E-state index contributed by atoms with van der Waals surface area (Å²) in [6, 6.07) is 5.55. The normalized spacial score (nSPS) is 13.8. The van der Waals surface area contributed by atoms with Crippen molar-refractivity contribution >= 4 is 11.4 Å². The van der Waals surface area contributed by atoms with Crippen molar-refractivity contribution in [1.29, 1.82) is 0 Å². The molecule has 0 saturated heterocycles. The monoisotopic (exact) mass is 327 g/mol. The van der Waals surface area contributed by atoms with Gasteiger partial charge in [0.05, 0.1) is 17.9 Å². The van der Waals surface area contributed by atoms with Crippen LogP contribution in [0.2, 0.25) is 0 Å². The van der Waals surface area contributed by atoms with Gasteiger partial charge in [-0.05, 0) is 30.5 Å². The van der Waals surface area contributed by atoms with Crippen LogP contribution in [0.3, 0.4) is 0 Å². The van der Waals surface area contributed by atoms with Gasteiger partial charge in [-0.1, -0.05) is 51.6 Å². The summed E-state index contributed by atoms with van der Waals surface area (Å²) in [5.41, 5.74) is 8.59. The smallest absolute Gasteiger partial charge is 0.121 e. The van der Waals surface area contributed by atoms with Gasteiger partial charge in [0.2, 0.25) is 0 Å². The average molecular weight is 327 g/mol. The van der Waals surface area contributed by atoms with E-state index in [9.17, 15) is 4.39 Å². The van der Waals surface area contributed by atoms with E-state index < -0.39 is 5.83 Å². The topological polar surface area (TPSA) is 51.3 Å². The fourth-order valence-electron chi connectivity index (χ4n) is 1.89. The maximum atomic E-state index is 13.6. The van der Waals surface area contributed by atoms with Gasteiger partial charge in [-0.3, -0.25) is 9.98 Å². The number of aliphatic imine (C=N–C) groups is 1. The maximum absolute atomic E-state index is 13.6. The molecule has 24 heavy (non-hydrogen) atoms. The third kappa shape index (κ3) is 6.73. The fourth-order valence-corrected chi connectivity index (χ4v) is 1.89.